The molecule has 1 unspecified atom stereocenters. The van der Waals surface area contributed by atoms with Gasteiger partial charge in [-0.05, 0) is 37.1 Å². The van der Waals surface area contributed by atoms with E-state index in [9.17, 15) is 9.59 Å². The van der Waals surface area contributed by atoms with E-state index < -0.39 is 0 Å². The Hall–Kier alpha value is -2.41. The lowest BCUT2D eigenvalue weighted by atomic mass is 9.98. The summed E-state index contributed by atoms with van der Waals surface area (Å²) in [6, 6.07) is 7.30. The van der Waals surface area contributed by atoms with Crippen molar-refractivity contribution < 1.29 is 4.79 Å². The minimum Gasteiger partial charge on any atom is -0.334 e. The molecule has 1 saturated heterocycles. The van der Waals surface area contributed by atoms with Crippen molar-refractivity contribution in [3.63, 3.8) is 0 Å². The molecule has 3 aromatic heterocycles. The molecular formula is C18H20N4O2S. The molecule has 130 valence electrons. The normalized spacial score (nSPS) is 17.9. The largest absolute Gasteiger partial charge is 0.334 e. The van der Waals surface area contributed by atoms with Crippen LogP contribution in [-0.4, -0.2) is 31.9 Å². The number of aryl methyl sites for hydroxylation is 1. The number of piperidine rings is 1. The summed E-state index contributed by atoms with van der Waals surface area (Å²) in [6.07, 6.45) is 5.88. The zero-order valence-corrected chi connectivity index (χ0v) is 14.7. The molecule has 0 saturated carbocycles. The highest BCUT2D eigenvalue weighted by Gasteiger charge is 2.29. The summed E-state index contributed by atoms with van der Waals surface area (Å²) < 4.78 is 1.41. The number of amides is 1. The van der Waals surface area contributed by atoms with Gasteiger partial charge in [0.25, 0.3) is 5.56 Å². The highest BCUT2D eigenvalue weighted by Crippen LogP contribution is 2.30. The van der Waals surface area contributed by atoms with E-state index in [1.54, 1.807) is 29.7 Å². The Morgan fingerprint density at radius 3 is 3.12 bits per heavy atom. The molecule has 4 rings (SSSR count). The highest BCUT2D eigenvalue weighted by atomic mass is 32.1. The summed E-state index contributed by atoms with van der Waals surface area (Å²) in [5.74, 6) is 0.147. The van der Waals surface area contributed by atoms with Crippen molar-refractivity contribution in [1.29, 1.82) is 0 Å². The molecule has 6 nitrogen and oxygen atoms in total. The van der Waals surface area contributed by atoms with Crippen LogP contribution in [0, 0.1) is 0 Å². The van der Waals surface area contributed by atoms with Gasteiger partial charge < -0.3 is 4.90 Å². The average Bonchev–Trinajstić information content (AvgIpc) is 3.31. The molecule has 1 fully saturated rings. The molecule has 1 atom stereocenters. The molecule has 25 heavy (non-hydrogen) atoms. The number of aromatic amines is 1. The van der Waals surface area contributed by atoms with Crippen molar-refractivity contribution in [2.45, 2.75) is 38.1 Å². The van der Waals surface area contributed by atoms with Crippen LogP contribution in [0.25, 0.3) is 5.65 Å². The van der Waals surface area contributed by atoms with Crippen molar-refractivity contribution in [1.82, 2.24) is 19.5 Å². The molecule has 4 heterocycles. The van der Waals surface area contributed by atoms with Gasteiger partial charge in [-0.15, -0.1) is 11.3 Å². The number of likely N-dealkylation sites (tertiary alicyclic amines) is 1. The molecule has 1 N–H and O–H groups in total. The summed E-state index contributed by atoms with van der Waals surface area (Å²) in [6.45, 7) is 0.738. The van der Waals surface area contributed by atoms with Gasteiger partial charge in [0.1, 0.15) is 0 Å². The summed E-state index contributed by atoms with van der Waals surface area (Å²) in [5.41, 5.74) is 1.16. The van der Waals surface area contributed by atoms with Crippen molar-refractivity contribution in [3.8, 4) is 0 Å². The van der Waals surface area contributed by atoms with Gasteiger partial charge in [0.2, 0.25) is 5.91 Å². The smallest absolute Gasteiger partial charge is 0.272 e. The van der Waals surface area contributed by atoms with Gasteiger partial charge in [-0.3, -0.25) is 14.7 Å². The summed E-state index contributed by atoms with van der Waals surface area (Å²) >= 11 is 1.68. The number of carbonyl (C=O) groups excluding carboxylic acids is 1. The van der Waals surface area contributed by atoms with E-state index in [2.05, 4.69) is 16.1 Å². The topological polar surface area (TPSA) is 70.5 Å². The molecular weight excluding hydrogens is 336 g/mol. The van der Waals surface area contributed by atoms with Crippen LogP contribution in [0.3, 0.4) is 0 Å². The molecule has 0 aromatic carbocycles. The SMILES string of the molecule is O=C(CCc1cccs1)N1CCCCC1c1cc(=O)n2[nH]ccc2n1. The number of nitrogens with zero attached hydrogens (tertiary/aromatic N) is 3. The summed E-state index contributed by atoms with van der Waals surface area (Å²) in [4.78, 5) is 32.8. The molecule has 0 bridgehead atoms. The maximum Gasteiger partial charge on any atom is 0.272 e. The Kier molecular flexibility index (Phi) is 4.40. The van der Waals surface area contributed by atoms with Gasteiger partial charge in [-0.2, -0.15) is 0 Å². The lowest BCUT2D eigenvalue weighted by Gasteiger charge is -2.35. The van der Waals surface area contributed by atoms with Crippen LogP contribution in [0.15, 0.2) is 40.6 Å². The first-order valence-corrected chi connectivity index (χ1v) is 9.49. The van der Waals surface area contributed by atoms with Crippen molar-refractivity contribution in [2.24, 2.45) is 0 Å². The van der Waals surface area contributed by atoms with Crippen molar-refractivity contribution >= 4 is 22.9 Å². The Morgan fingerprint density at radius 2 is 2.28 bits per heavy atom. The van der Waals surface area contributed by atoms with E-state index in [0.29, 0.717) is 17.8 Å². The first-order valence-electron chi connectivity index (χ1n) is 8.61. The van der Waals surface area contributed by atoms with Crippen LogP contribution in [-0.2, 0) is 11.2 Å². The fourth-order valence-electron chi connectivity index (χ4n) is 3.48. The van der Waals surface area contributed by atoms with Crippen LogP contribution in [0.2, 0.25) is 0 Å². The molecule has 1 aliphatic heterocycles. The zero-order valence-electron chi connectivity index (χ0n) is 13.9. The molecule has 1 aliphatic rings. The van der Waals surface area contributed by atoms with E-state index in [-0.39, 0.29) is 17.5 Å². The average molecular weight is 356 g/mol. The number of fused-ring (bicyclic) bond motifs is 1. The number of carbonyl (C=O) groups is 1. The fraction of sp³-hybridized carbons (Fsp3) is 0.389. The minimum absolute atomic E-state index is 0.0998. The Morgan fingerprint density at radius 1 is 1.36 bits per heavy atom. The third kappa shape index (κ3) is 3.24. The fourth-order valence-corrected chi connectivity index (χ4v) is 4.19. The Bertz CT molecular complexity index is 928. The second kappa shape index (κ2) is 6.84. The summed E-state index contributed by atoms with van der Waals surface area (Å²) in [7, 11) is 0. The van der Waals surface area contributed by atoms with E-state index >= 15 is 0 Å². The standard InChI is InChI=1S/C18H20N4O2S/c23-17(7-6-13-4-3-11-25-13)21-10-2-1-5-15(21)14-12-18(24)22-16(20-14)8-9-19-22/h3-4,8-9,11-12,15,19H,1-2,5-7,10H2. The molecule has 3 aromatic rings. The number of hydrogen-bond donors (Lipinski definition) is 1. The highest BCUT2D eigenvalue weighted by molar-refractivity contribution is 7.09. The van der Waals surface area contributed by atoms with E-state index in [1.165, 1.54) is 9.39 Å². The number of rotatable bonds is 4. The maximum absolute atomic E-state index is 12.8. The number of thiophene rings is 1. The first-order chi connectivity index (χ1) is 12.2. The quantitative estimate of drug-likeness (QED) is 0.781. The van der Waals surface area contributed by atoms with Crippen molar-refractivity contribution in [2.75, 3.05) is 6.54 Å². The molecule has 0 spiro atoms. The van der Waals surface area contributed by atoms with E-state index in [1.807, 2.05) is 16.3 Å². The van der Waals surface area contributed by atoms with Crippen LogP contribution < -0.4 is 5.56 Å². The van der Waals surface area contributed by atoms with Crippen LogP contribution >= 0.6 is 11.3 Å². The molecule has 0 aliphatic carbocycles. The monoisotopic (exact) mass is 356 g/mol. The van der Waals surface area contributed by atoms with E-state index in [4.69, 9.17) is 0 Å². The van der Waals surface area contributed by atoms with Gasteiger partial charge >= 0.3 is 0 Å². The van der Waals surface area contributed by atoms with Gasteiger partial charge in [0, 0.05) is 36.2 Å². The van der Waals surface area contributed by atoms with Gasteiger partial charge in [-0.25, -0.2) is 9.50 Å². The van der Waals surface area contributed by atoms with Gasteiger partial charge in [0.15, 0.2) is 5.65 Å². The number of H-pyrrole nitrogens is 1. The lowest BCUT2D eigenvalue weighted by Crippen LogP contribution is -2.39. The second-order valence-corrected chi connectivity index (χ2v) is 7.39. The zero-order chi connectivity index (χ0) is 17.2. The number of aromatic nitrogens is 3. The second-order valence-electron chi connectivity index (χ2n) is 6.35. The van der Waals surface area contributed by atoms with Gasteiger partial charge in [0.05, 0.1) is 11.7 Å². The predicted molar refractivity (Wildman–Crippen MR) is 96.8 cm³/mol. The van der Waals surface area contributed by atoms with Crippen LogP contribution in [0.1, 0.15) is 42.3 Å². The molecule has 0 radical (unpaired) electrons. The number of hydrogen-bond acceptors (Lipinski definition) is 4. The lowest BCUT2D eigenvalue weighted by molar-refractivity contribution is -0.135. The van der Waals surface area contributed by atoms with Gasteiger partial charge in [-0.1, -0.05) is 6.07 Å². The van der Waals surface area contributed by atoms with Crippen LogP contribution in [0.5, 0.6) is 0 Å². The van der Waals surface area contributed by atoms with E-state index in [0.717, 1.165) is 32.2 Å². The first kappa shape index (κ1) is 16.1. The van der Waals surface area contributed by atoms with Crippen LogP contribution in [0.4, 0.5) is 0 Å². The minimum atomic E-state index is -0.137. The third-order valence-corrected chi connectivity index (χ3v) is 5.67. The Balaban J connectivity index is 1.57. The Labute approximate surface area is 149 Å². The maximum atomic E-state index is 12.8. The predicted octanol–water partition coefficient (Wildman–Crippen LogP) is 2.77. The van der Waals surface area contributed by atoms with Crippen molar-refractivity contribution in [3.05, 3.63) is 56.8 Å². The number of nitrogens with one attached hydrogen (secondary N) is 1. The third-order valence-electron chi connectivity index (χ3n) is 4.73. The summed E-state index contributed by atoms with van der Waals surface area (Å²) in [5, 5.41) is 4.88. The molecule has 7 heteroatoms. The molecule has 1 amide bonds.